The Morgan fingerprint density at radius 3 is 2.59 bits per heavy atom. The molecule has 1 aliphatic carbocycles. The summed E-state index contributed by atoms with van der Waals surface area (Å²) in [6.07, 6.45) is -1.64. The molecule has 27 heavy (non-hydrogen) atoms. The average molecular weight is 407 g/mol. The summed E-state index contributed by atoms with van der Waals surface area (Å²) < 4.78 is 66.6. The molecule has 152 valence electrons. The summed E-state index contributed by atoms with van der Waals surface area (Å²) in [5.41, 5.74) is -0.383. The second-order valence-corrected chi connectivity index (χ2v) is 9.81. The van der Waals surface area contributed by atoms with E-state index in [1.54, 1.807) is 13.0 Å². The van der Waals surface area contributed by atoms with Crippen LogP contribution in [0.3, 0.4) is 0 Å². The summed E-state index contributed by atoms with van der Waals surface area (Å²) >= 11 is 0. The van der Waals surface area contributed by atoms with Gasteiger partial charge < -0.3 is 4.74 Å². The minimum atomic E-state index is -4.65. The van der Waals surface area contributed by atoms with Gasteiger partial charge in [-0.1, -0.05) is 13.0 Å². The summed E-state index contributed by atoms with van der Waals surface area (Å²) in [5.74, 6) is -0.718. The molecular weight excluding hydrogens is 383 g/mol. The highest BCUT2D eigenvalue weighted by Crippen LogP contribution is 2.33. The van der Waals surface area contributed by atoms with Crippen molar-refractivity contribution < 1.29 is 31.1 Å². The fourth-order valence-electron chi connectivity index (χ4n) is 2.98. The van der Waals surface area contributed by atoms with Crippen LogP contribution in [0.1, 0.15) is 44.0 Å². The van der Waals surface area contributed by atoms with Crippen molar-refractivity contribution in [2.45, 2.75) is 58.2 Å². The molecule has 1 heterocycles. The molecule has 1 atom stereocenters. The molecule has 0 aromatic carbocycles. The van der Waals surface area contributed by atoms with Crippen LogP contribution in [-0.2, 0) is 38.6 Å². The van der Waals surface area contributed by atoms with E-state index in [1.165, 1.54) is 6.20 Å². The first-order chi connectivity index (χ1) is 12.3. The number of halogens is 3. The lowest BCUT2D eigenvalue weighted by Gasteiger charge is -2.27. The highest BCUT2D eigenvalue weighted by molar-refractivity contribution is 7.91. The van der Waals surface area contributed by atoms with Crippen LogP contribution >= 0.6 is 0 Å². The molecule has 0 saturated carbocycles. The summed E-state index contributed by atoms with van der Waals surface area (Å²) in [6, 6.07) is 1.74. The standard InChI is InChI=1S/C18H24F3NO4S/c1-4-27(24,25)11-12-5-6-14-7-13(10-22-15(14)8-12)9-16(23)26-17(2,3)18(19,20)21/h7,10,12H,4-6,8-9,11H2,1-3H3/t12-/m0/s1. The third-order valence-corrected chi connectivity index (χ3v) is 6.61. The number of ether oxygens (including phenoxy) is 1. The van der Waals surface area contributed by atoms with Gasteiger partial charge in [-0.05, 0) is 50.2 Å². The summed E-state index contributed by atoms with van der Waals surface area (Å²) in [5, 5.41) is 0. The molecule has 0 aliphatic heterocycles. The van der Waals surface area contributed by atoms with Crippen LogP contribution in [0.4, 0.5) is 13.2 Å². The van der Waals surface area contributed by atoms with Gasteiger partial charge in [0.15, 0.2) is 0 Å². The van der Waals surface area contributed by atoms with Gasteiger partial charge in [0.25, 0.3) is 0 Å². The molecule has 0 radical (unpaired) electrons. The molecule has 0 unspecified atom stereocenters. The maximum absolute atomic E-state index is 12.8. The number of rotatable bonds is 6. The van der Waals surface area contributed by atoms with Crippen molar-refractivity contribution in [2.75, 3.05) is 11.5 Å². The van der Waals surface area contributed by atoms with Gasteiger partial charge in [0.05, 0.1) is 12.2 Å². The van der Waals surface area contributed by atoms with Gasteiger partial charge in [-0.15, -0.1) is 0 Å². The first-order valence-corrected chi connectivity index (χ1v) is 10.6. The van der Waals surface area contributed by atoms with E-state index in [0.717, 1.165) is 25.1 Å². The molecule has 0 spiro atoms. The third kappa shape index (κ3) is 5.67. The normalized spacial score (nSPS) is 18.1. The molecule has 0 saturated heterocycles. The Morgan fingerprint density at radius 1 is 1.33 bits per heavy atom. The Labute approximate surface area is 157 Å². The smallest absolute Gasteiger partial charge is 0.427 e. The Bertz CT molecular complexity index is 803. The van der Waals surface area contributed by atoms with Crippen LogP contribution in [0.25, 0.3) is 0 Å². The van der Waals surface area contributed by atoms with Crippen LogP contribution in [0.2, 0.25) is 0 Å². The zero-order valence-electron chi connectivity index (χ0n) is 15.6. The lowest BCUT2D eigenvalue weighted by atomic mass is 9.87. The van der Waals surface area contributed by atoms with E-state index in [-0.39, 0.29) is 23.8 Å². The molecule has 0 bridgehead atoms. The largest absolute Gasteiger partial charge is 0.450 e. The molecule has 9 heteroatoms. The topological polar surface area (TPSA) is 73.3 Å². The number of fused-ring (bicyclic) bond motifs is 1. The van der Waals surface area contributed by atoms with Gasteiger partial charge in [0.2, 0.25) is 5.60 Å². The van der Waals surface area contributed by atoms with E-state index in [9.17, 15) is 26.4 Å². The van der Waals surface area contributed by atoms with Crippen molar-refractivity contribution in [3.05, 3.63) is 29.1 Å². The Balaban J connectivity index is 2.02. The van der Waals surface area contributed by atoms with Crippen molar-refractivity contribution in [2.24, 2.45) is 5.92 Å². The number of hydrogen-bond donors (Lipinski definition) is 0. The van der Waals surface area contributed by atoms with Crippen molar-refractivity contribution in [1.82, 2.24) is 4.98 Å². The van der Waals surface area contributed by atoms with E-state index >= 15 is 0 Å². The second-order valence-electron chi connectivity index (χ2n) is 7.42. The number of hydrogen-bond acceptors (Lipinski definition) is 5. The van der Waals surface area contributed by atoms with Gasteiger partial charge in [-0.3, -0.25) is 9.78 Å². The monoisotopic (exact) mass is 407 g/mol. The van der Waals surface area contributed by atoms with E-state index in [0.29, 0.717) is 24.8 Å². The number of nitrogens with zero attached hydrogens (tertiary/aromatic N) is 1. The lowest BCUT2D eigenvalue weighted by Crippen LogP contribution is -2.43. The zero-order chi connectivity index (χ0) is 20.5. The molecule has 1 aromatic heterocycles. The molecular formula is C18H24F3NO4S. The van der Waals surface area contributed by atoms with Gasteiger partial charge in [0.1, 0.15) is 9.84 Å². The zero-order valence-corrected chi connectivity index (χ0v) is 16.4. The predicted octanol–water partition coefficient (Wildman–Crippen LogP) is 3.05. The number of esters is 1. The number of carbonyl (C=O) groups excluding carboxylic acids is 1. The summed E-state index contributed by atoms with van der Waals surface area (Å²) in [4.78, 5) is 16.2. The van der Waals surface area contributed by atoms with Gasteiger partial charge >= 0.3 is 12.1 Å². The minimum absolute atomic E-state index is 0.0124. The van der Waals surface area contributed by atoms with Crippen molar-refractivity contribution in [3.63, 3.8) is 0 Å². The minimum Gasteiger partial charge on any atom is -0.450 e. The van der Waals surface area contributed by atoms with E-state index in [4.69, 9.17) is 0 Å². The first-order valence-electron chi connectivity index (χ1n) is 8.78. The Hall–Kier alpha value is -1.64. The van der Waals surface area contributed by atoms with Gasteiger partial charge in [-0.2, -0.15) is 13.2 Å². The van der Waals surface area contributed by atoms with Crippen LogP contribution < -0.4 is 0 Å². The second kappa shape index (κ2) is 7.77. The van der Waals surface area contributed by atoms with E-state index in [1.807, 2.05) is 0 Å². The van der Waals surface area contributed by atoms with Crippen LogP contribution in [0, 0.1) is 5.92 Å². The van der Waals surface area contributed by atoms with E-state index < -0.39 is 27.6 Å². The lowest BCUT2D eigenvalue weighted by molar-refractivity contribution is -0.257. The number of aryl methyl sites for hydroxylation is 1. The molecule has 0 fully saturated rings. The number of sulfone groups is 1. The molecule has 1 aliphatic rings. The summed E-state index contributed by atoms with van der Waals surface area (Å²) in [7, 11) is -3.06. The fourth-order valence-corrected chi connectivity index (χ4v) is 4.22. The molecule has 5 nitrogen and oxygen atoms in total. The van der Waals surface area contributed by atoms with Gasteiger partial charge in [-0.25, -0.2) is 8.42 Å². The van der Waals surface area contributed by atoms with Crippen LogP contribution in [0.5, 0.6) is 0 Å². The number of aromatic nitrogens is 1. The number of alkyl halides is 3. The van der Waals surface area contributed by atoms with Crippen molar-refractivity contribution in [1.29, 1.82) is 0 Å². The first kappa shape index (κ1) is 21.7. The average Bonchev–Trinajstić information content (AvgIpc) is 2.53. The molecule has 2 rings (SSSR count). The summed E-state index contributed by atoms with van der Waals surface area (Å²) in [6.45, 7) is 3.23. The maximum atomic E-state index is 12.8. The van der Waals surface area contributed by atoms with Crippen molar-refractivity contribution in [3.8, 4) is 0 Å². The van der Waals surface area contributed by atoms with Crippen molar-refractivity contribution >= 4 is 15.8 Å². The third-order valence-electron chi connectivity index (χ3n) is 4.75. The van der Waals surface area contributed by atoms with Crippen LogP contribution in [-0.4, -0.2) is 42.7 Å². The fraction of sp³-hybridized carbons (Fsp3) is 0.667. The van der Waals surface area contributed by atoms with Gasteiger partial charge in [0, 0.05) is 17.6 Å². The SMILES string of the molecule is CCS(=O)(=O)C[C@H]1CCc2cc(CC(=O)OC(C)(C)C(F)(F)F)cnc2C1. The molecule has 1 aromatic rings. The predicted molar refractivity (Wildman–Crippen MR) is 94.0 cm³/mol. The molecule has 0 N–H and O–H groups in total. The van der Waals surface area contributed by atoms with Crippen LogP contribution in [0.15, 0.2) is 12.3 Å². The maximum Gasteiger partial charge on any atom is 0.427 e. The number of carbonyl (C=O) groups is 1. The Morgan fingerprint density at radius 2 is 2.00 bits per heavy atom. The quantitative estimate of drug-likeness (QED) is 0.678. The van der Waals surface area contributed by atoms with E-state index in [2.05, 4.69) is 9.72 Å². The highest BCUT2D eigenvalue weighted by Gasteiger charge is 2.50. The molecule has 0 amide bonds. The Kier molecular flexibility index (Phi) is 6.23. The highest BCUT2D eigenvalue weighted by atomic mass is 32.2. The number of pyridine rings is 1.